The molecule has 0 spiro atoms. The van der Waals surface area contributed by atoms with Gasteiger partial charge in [-0.05, 0) is 30.0 Å². The zero-order valence-corrected chi connectivity index (χ0v) is 11.6. The number of rotatable bonds is 3. The van der Waals surface area contributed by atoms with Crippen LogP contribution in [-0.2, 0) is 0 Å². The first-order chi connectivity index (χ1) is 9.47. The molecule has 0 N–H and O–H groups in total. The molecule has 0 amide bonds. The van der Waals surface area contributed by atoms with Gasteiger partial charge in [0.2, 0.25) is 0 Å². The third kappa shape index (κ3) is 3.90. The van der Waals surface area contributed by atoms with E-state index in [0.717, 1.165) is 22.2 Å². The van der Waals surface area contributed by atoms with E-state index in [1.165, 1.54) is 17.5 Å². The van der Waals surface area contributed by atoms with Crippen LogP contribution in [0.3, 0.4) is 0 Å². The van der Waals surface area contributed by atoms with E-state index in [2.05, 4.69) is 0 Å². The highest BCUT2D eigenvalue weighted by Gasteiger charge is 2.34. The van der Waals surface area contributed by atoms with Crippen molar-refractivity contribution >= 4 is 17.3 Å². The number of aryl methyl sites for hydroxylation is 1. The van der Waals surface area contributed by atoms with Crippen molar-refractivity contribution < 1.29 is 13.2 Å². The highest BCUT2D eigenvalue weighted by atomic mass is 32.2. The number of halogens is 3. The summed E-state index contributed by atoms with van der Waals surface area (Å²) in [5.41, 5.74) is 0.504. The summed E-state index contributed by atoms with van der Waals surface area (Å²) >= 11 is 1.07. The van der Waals surface area contributed by atoms with Crippen molar-refractivity contribution in [2.45, 2.75) is 18.0 Å². The molecule has 0 radical (unpaired) electrons. The Kier molecular flexibility index (Phi) is 4.55. The second-order valence-electron chi connectivity index (χ2n) is 4.33. The monoisotopic (exact) mass is 294 g/mol. The summed E-state index contributed by atoms with van der Waals surface area (Å²) in [6.45, 7) is 1.85. The van der Waals surface area contributed by atoms with E-state index in [-0.39, 0.29) is 5.56 Å². The van der Waals surface area contributed by atoms with E-state index in [9.17, 15) is 13.2 Å². The number of hydrogen-bond acceptors (Lipinski definition) is 1. The summed E-state index contributed by atoms with van der Waals surface area (Å²) in [6, 6.07) is 15.4. The molecule has 0 unspecified atom stereocenters. The number of alkyl halides is 3. The van der Waals surface area contributed by atoms with Gasteiger partial charge in [0, 0.05) is 4.90 Å². The molecule has 0 bridgehead atoms. The zero-order chi connectivity index (χ0) is 14.6. The fraction of sp³-hybridized carbons (Fsp3) is 0.125. The van der Waals surface area contributed by atoms with Crippen LogP contribution in [0.25, 0.3) is 5.57 Å². The van der Waals surface area contributed by atoms with Crippen molar-refractivity contribution in [2.75, 3.05) is 0 Å². The van der Waals surface area contributed by atoms with Gasteiger partial charge in [0.25, 0.3) is 0 Å². The molecule has 0 aliphatic rings. The maximum Gasteiger partial charge on any atom is 0.417 e. The van der Waals surface area contributed by atoms with E-state index in [1.54, 1.807) is 36.4 Å². The Hall–Kier alpha value is -1.68. The van der Waals surface area contributed by atoms with Gasteiger partial charge in [-0.2, -0.15) is 13.2 Å². The quantitative estimate of drug-likeness (QED) is 0.655. The van der Waals surface area contributed by atoms with Gasteiger partial charge >= 0.3 is 6.18 Å². The summed E-state index contributed by atoms with van der Waals surface area (Å²) < 4.78 is 39.4. The summed E-state index contributed by atoms with van der Waals surface area (Å²) in [5, 5.41) is 1.17. The molecule has 0 aliphatic carbocycles. The summed E-state index contributed by atoms with van der Waals surface area (Å²) in [5.74, 6) is 0. The Morgan fingerprint density at radius 3 is 2.10 bits per heavy atom. The van der Waals surface area contributed by atoms with Crippen molar-refractivity contribution in [3.63, 3.8) is 0 Å². The molecule has 0 fully saturated rings. The zero-order valence-electron chi connectivity index (χ0n) is 10.8. The molecule has 2 rings (SSSR count). The predicted octanol–water partition coefficient (Wildman–Crippen LogP) is 5.69. The van der Waals surface area contributed by atoms with E-state index < -0.39 is 11.7 Å². The first kappa shape index (κ1) is 14.7. The first-order valence-corrected chi connectivity index (χ1v) is 6.91. The molecular formula is C16H13F3S. The fourth-order valence-electron chi connectivity index (χ4n) is 1.66. The largest absolute Gasteiger partial charge is 0.417 e. The Balaban J connectivity index is 2.31. The smallest absolute Gasteiger partial charge is 0.166 e. The van der Waals surface area contributed by atoms with Gasteiger partial charge in [-0.25, -0.2) is 0 Å². The molecule has 2 aromatic carbocycles. The van der Waals surface area contributed by atoms with Crippen molar-refractivity contribution in [2.24, 2.45) is 0 Å². The van der Waals surface area contributed by atoms with Crippen LogP contribution in [0.1, 0.15) is 11.1 Å². The Morgan fingerprint density at radius 2 is 1.55 bits per heavy atom. The van der Waals surface area contributed by atoms with Gasteiger partial charge in [0.15, 0.2) is 0 Å². The van der Waals surface area contributed by atoms with E-state index >= 15 is 0 Å². The third-order valence-corrected chi connectivity index (χ3v) is 3.62. The highest BCUT2D eigenvalue weighted by molar-refractivity contribution is 8.02. The maximum absolute atomic E-state index is 13.1. The van der Waals surface area contributed by atoms with Gasteiger partial charge in [-0.3, -0.25) is 0 Å². The van der Waals surface area contributed by atoms with Gasteiger partial charge in [-0.1, -0.05) is 59.8 Å². The van der Waals surface area contributed by atoms with Crippen LogP contribution in [0.2, 0.25) is 0 Å². The highest BCUT2D eigenvalue weighted by Crippen LogP contribution is 2.37. The van der Waals surface area contributed by atoms with Crippen LogP contribution in [0, 0.1) is 6.92 Å². The summed E-state index contributed by atoms with van der Waals surface area (Å²) in [6.07, 6.45) is -4.36. The number of thioether (sulfide) groups is 1. The molecule has 104 valence electrons. The van der Waals surface area contributed by atoms with Gasteiger partial charge in [0.1, 0.15) is 0 Å². The lowest BCUT2D eigenvalue weighted by molar-refractivity contribution is -0.0687. The first-order valence-electron chi connectivity index (χ1n) is 6.03. The van der Waals surface area contributed by atoms with Crippen molar-refractivity contribution in [1.82, 2.24) is 0 Å². The number of hydrogen-bond donors (Lipinski definition) is 0. The molecule has 0 heterocycles. The van der Waals surface area contributed by atoms with Gasteiger partial charge < -0.3 is 0 Å². The van der Waals surface area contributed by atoms with Gasteiger partial charge in [0.05, 0.1) is 5.57 Å². The van der Waals surface area contributed by atoms with Crippen LogP contribution in [0.4, 0.5) is 13.2 Å². The standard InChI is InChI=1S/C16H13F3S/c1-12-7-9-13(10-8-12)15(16(17,18)19)11-20-14-5-3-2-4-6-14/h2-11H,1H3/b15-11-. The van der Waals surface area contributed by atoms with Crippen LogP contribution in [0.15, 0.2) is 64.9 Å². The summed E-state index contributed by atoms with van der Waals surface area (Å²) in [4.78, 5) is 0.779. The Morgan fingerprint density at radius 1 is 0.950 bits per heavy atom. The van der Waals surface area contributed by atoms with Crippen molar-refractivity contribution in [3.8, 4) is 0 Å². The molecule has 4 heteroatoms. The molecule has 0 nitrogen and oxygen atoms in total. The lowest BCUT2D eigenvalue weighted by Crippen LogP contribution is -2.10. The number of benzene rings is 2. The van der Waals surface area contributed by atoms with E-state index in [0.29, 0.717) is 0 Å². The Bertz CT molecular complexity index is 583. The molecule has 0 aliphatic heterocycles. The lowest BCUT2D eigenvalue weighted by atomic mass is 10.1. The minimum atomic E-state index is -4.36. The van der Waals surface area contributed by atoms with E-state index in [4.69, 9.17) is 0 Å². The fourth-order valence-corrected chi connectivity index (χ4v) is 2.50. The predicted molar refractivity (Wildman–Crippen MR) is 77.5 cm³/mol. The normalized spacial score (nSPS) is 12.5. The molecule has 2 aromatic rings. The van der Waals surface area contributed by atoms with Crippen LogP contribution < -0.4 is 0 Å². The SMILES string of the molecule is Cc1ccc(/C(=C/Sc2ccccc2)C(F)(F)F)cc1. The molecular weight excluding hydrogens is 281 g/mol. The molecule has 0 atom stereocenters. The molecule has 20 heavy (non-hydrogen) atoms. The Labute approximate surface area is 120 Å². The molecule has 0 aromatic heterocycles. The lowest BCUT2D eigenvalue weighted by Gasteiger charge is -2.12. The van der Waals surface area contributed by atoms with Crippen LogP contribution >= 0.6 is 11.8 Å². The second-order valence-corrected chi connectivity index (χ2v) is 5.27. The average molecular weight is 294 g/mol. The topological polar surface area (TPSA) is 0 Å². The summed E-state index contributed by atoms with van der Waals surface area (Å²) in [7, 11) is 0. The van der Waals surface area contributed by atoms with E-state index in [1.807, 2.05) is 13.0 Å². The van der Waals surface area contributed by atoms with Crippen molar-refractivity contribution in [1.29, 1.82) is 0 Å². The molecule has 0 saturated heterocycles. The minimum absolute atomic E-state index is 0.187. The average Bonchev–Trinajstić information content (AvgIpc) is 2.41. The number of allylic oxidation sites excluding steroid dienone is 1. The molecule has 0 saturated carbocycles. The van der Waals surface area contributed by atoms with Crippen LogP contribution in [-0.4, -0.2) is 6.18 Å². The minimum Gasteiger partial charge on any atom is -0.166 e. The van der Waals surface area contributed by atoms with Gasteiger partial charge in [-0.15, -0.1) is 0 Å². The van der Waals surface area contributed by atoms with Crippen molar-refractivity contribution in [3.05, 3.63) is 71.1 Å². The maximum atomic E-state index is 13.1. The van der Waals surface area contributed by atoms with Crippen LogP contribution in [0.5, 0.6) is 0 Å². The third-order valence-electron chi connectivity index (χ3n) is 2.72. The second kappa shape index (κ2) is 6.18.